The first kappa shape index (κ1) is 22.7. The molecule has 27 heavy (non-hydrogen) atoms. The van der Waals surface area contributed by atoms with E-state index in [4.69, 9.17) is 4.74 Å². The number of hydrogen-bond acceptors (Lipinski definition) is 4. The average molecular weight is 378 g/mol. The third kappa shape index (κ3) is 9.82. The van der Waals surface area contributed by atoms with Gasteiger partial charge in [0.2, 0.25) is 0 Å². The topological polar surface area (TPSA) is 78.9 Å². The molecule has 1 aromatic rings. The van der Waals surface area contributed by atoms with Crippen LogP contribution in [0.25, 0.3) is 0 Å². The minimum absolute atomic E-state index is 0.312. The molecule has 0 aromatic carbocycles. The molecule has 0 fully saturated rings. The minimum atomic E-state index is -0.523. The second-order valence-electron chi connectivity index (χ2n) is 7.57. The zero-order chi connectivity index (χ0) is 20.3. The molecular weight excluding hydrogens is 342 g/mol. The number of aliphatic imine (C=N–C) groups is 1. The van der Waals surface area contributed by atoms with Crippen molar-refractivity contribution in [2.45, 2.75) is 65.6 Å². The summed E-state index contributed by atoms with van der Waals surface area (Å²) in [5.41, 5.74) is 0.454. The quantitative estimate of drug-likeness (QED) is 0.413. The van der Waals surface area contributed by atoms with Crippen molar-refractivity contribution >= 4 is 12.1 Å². The van der Waals surface area contributed by atoms with Gasteiger partial charge in [-0.1, -0.05) is 13.0 Å². The van der Waals surface area contributed by atoms with Crippen LogP contribution in [0, 0.1) is 0 Å². The molecule has 0 radical (unpaired) electrons. The Labute approximate surface area is 163 Å². The average Bonchev–Trinajstić information content (AvgIpc) is 2.62. The van der Waals surface area contributed by atoms with Crippen LogP contribution in [0.15, 0.2) is 29.5 Å². The Bertz CT molecular complexity index is 584. The molecular formula is C20H35N5O2. The number of rotatable bonds is 8. The molecule has 0 spiro atoms. The molecule has 0 saturated carbocycles. The molecule has 7 nitrogen and oxygen atoms in total. The first-order valence-corrected chi connectivity index (χ1v) is 9.59. The second-order valence-corrected chi connectivity index (χ2v) is 7.57. The summed E-state index contributed by atoms with van der Waals surface area (Å²) in [5.74, 6) is 0.778. The van der Waals surface area contributed by atoms with Crippen molar-refractivity contribution in [1.82, 2.24) is 20.5 Å². The van der Waals surface area contributed by atoms with Gasteiger partial charge in [0.15, 0.2) is 5.96 Å². The van der Waals surface area contributed by atoms with E-state index in [0.29, 0.717) is 25.7 Å². The van der Waals surface area contributed by atoms with Gasteiger partial charge in [-0.15, -0.1) is 0 Å². The van der Waals surface area contributed by atoms with E-state index < -0.39 is 5.60 Å². The van der Waals surface area contributed by atoms with Crippen LogP contribution in [0.1, 0.15) is 53.0 Å². The van der Waals surface area contributed by atoms with E-state index in [9.17, 15) is 4.79 Å². The van der Waals surface area contributed by atoms with Crippen LogP contribution in [0.3, 0.4) is 0 Å². The normalized spacial score (nSPS) is 13.0. The number of aromatic nitrogens is 1. The summed E-state index contributed by atoms with van der Waals surface area (Å²) in [7, 11) is 1.76. The van der Waals surface area contributed by atoms with E-state index in [1.807, 2.05) is 32.9 Å². The first-order chi connectivity index (χ1) is 12.7. The summed E-state index contributed by atoms with van der Waals surface area (Å²) in [6.45, 7) is 11.6. The van der Waals surface area contributed by atoms with Gasteiger partial charge >= 0.3 is 6.09 Å². The van der Waals surface area contributed by atoms with Crippen molar-refractivity contribution in [2.24, 2.45) is 4.99 Å². The SMILES string of the molecule is CCC(C)NC(=NC)NCCCN(Cc1cccnc1)C(=O)OC(C)(C)C. The highest BCUT2D eigenvalue weighted by Crippen LogP contribution is 2.12. The lowest BCUT2D eigenvalue weighted by molar-refractivity contribution is 0.0232. The van der Waals surface area contributed by atoms with Gasteiger partial charge in [0.25, 0.3) is 0 Å². The molecule has 0 aliphatic carbocycles. The largest absolute Gasteiger partial charge is 0.444 e. The van der Waals surface area contributed by atoms with Gasteiger partial charge in [-0.3, -0.25) is 9.98 Å². The molecule has 0 aliphatic heterocycles. The van der Waals surface area contributed by atoms with Crippen molar-refractivity contribution in [1.29, 1.82) is 0 Å². The van der Waals surface area contributed by atoms with Gasteiger partial charge in [-0.05, 0) is 52.2 Å². The van der Waals surface area contributed by atoms with Crippen molar-refractivity contribution in [3.63, 3.8) is 0 Å². The molecule has 1 atom stereocenters. The Kier molecular flexibility index (Phi) is 9.61. The number of nitrogens with one attached hydrogen (secondary N) is 2. The molecule has 152 valence electrons. The van der Waals surface area contributed by atoms with Crippen LogP contribution in [0.2, 0.25) is 0 Å². The second kappa shape index (κ2) is 11.4. The molecule has 7 heteroatoms. The van der Waals surface area contributed by atoms with E-state index in [0.717, 1.165) is 24.4 Å². The molecule has 1 unspecified atom stereocenters. The zero-order valence-electron chi connectivity index (χ0n) is 17.6. The molecule has 0 aliphatic rings. The summed E-state index contributed by atoms with van der Waals surface area (Å²) in [5, 5.41) is 6.61. The number of hydrogen-bond donors (Lipinski definition) is 2. The number of carbonyl (C=O) groups excluding carboxylic acids is 1. The van der Waals surface area contributed by atoms with Crippen molar-refractivity contribution in [2.75, 3.05) is 20.1 Å². The summed E-state index contributed by atoms with van der Waals surface area (Å²) in [6.07, 6.45) is 4.99. The van der Waals surface area contributed by atoms with Gasteiger partial charge in [-0.2, -0.15) is 0 Å². The first-order valence-electron chi connectivity index (χ1n) is 9.59. The van der Waals surface area contributed by atoms with Gasteiger partial charge in [-0.25, -0.2) is 4.79 Å². The highest BCUT2D eigenvalue weighted by molar-refractivity contribution is 5.79. The predicted molar refractivity (Wildman–Crippen MR) is 110 cm³/mol. The minimum Gasteiger partial charge on any atom is -0.444 e. The Morgan fingerprint density at radius 3 is 2.70 bits per heavy atom. The monoisotopic (exact) mass is 377 g/mol. The summed E-state index contributed by atoms with van der Waals surface area (Å²) >= 11 is 0. The molecule has 1 heterocycles. The van der Waals surface area contributed by atoms with Crippen molar-refractivity contribution in [3.8, 4) is 0 Å². The lowest BCUT2D eigenvalue weighted by Crippen LogP contribution is -2.43. The fourth-order valence-corrected chi connectivity index (χ4v) is 2.28. The lowest BCUT2D eigenvalue weighted by atomic mass is 10.2. The van der Waals surface area contributed by atoms with E-state index in [2.05, 4.69) is 34.5 Å². The highest BCUT2D eigenvalue weighted by atomic mass is 16.6. The number of guanidine groups is 1. The maximum Gasteiger partial charge on any atom is 0.410 e. The highest BCUT2D eigenvalue weighted by Gasteiger charge is 2.22. The fraction of sp³-hybridized carbons (Fsp3) is 0.650. The molecule has 1 amide bonds. The maximum atomic E-state index is 12.6. The van der Waals surface area contributed by atoms with E-state index in [1.165, 1.54) is 0 Å². The number of nitrogens with zero attached hydrogens (tertiary/aromatic N) is 3. The van der Waals surface area contributed by atoms with E-state index in [1.54, 1.807) is 24.3 Å². The number of ether oxygens (including phenoxy) is 1. The molecule has 2 N–H and O–H groups in total. The lowest BCUT2D eigenvalue weighted by Gasteiger charge is -2.27. The third-order valence-electron chi connectivity index (χ3n) is 3.86. The van der Waals surface area contributed by atoms with E-state index in [-0.39, 0.29) is 6.09 Å². The van der Waals surface area contributed by atoms with Gasteiger partial charge < -0.3 is 20.3 Å². The molecule has 0 saturated heterocycles. The van der Waals surface area contributed by atoms with Crippen LogP contribution >= 0.6 is 0 Å². The Hall–Kier alpha value is -2.31. The van der Waals surface area contributed by atoms with Crippen LogP contribution in [-0.4, -0.2) is 53.7 Å². The van der Waals surface area contributed by atoms with Gasteiger partial charge in [0.05, 0.1) is 6.54 Å². The third-order valence-corrected chi connectivity index (χ3v) is 3.86. The van der Waals surface area contributed by atoms with Crippen LogP contribution in [0.4, 0.5) is 4.79 Å². The Morgan fingerprint density at radius 2 is 2.15 bits per heavy atom. The maximum absolute atomic E-state index is 12.6. The molecule has 1 rings (SSSR count). The Morgan fingerprint density at radius 1 is 1.41 bits per heavy atom. The number of carbonyl (C=O) groups is 1. The molecule has 0 bridgehead atoms. The summed E-state index contributed by atoms with van der Waals surface area (Å²) in [6, 6.07) is 4.19. The van der Waals surface area contributed by atoms with Crippen molar-refractivity contribution in [3.05, 3.63) is 30.1 Å². The summed E-state index contributed by atoms with van der Waals surface area (Å²) in [4.78, 5) is 22.6. The number of pyridine rings is 1. The van der Waals surface area contributed by atoms with Crippen LogP contribution in [-0.2, 0) is 11.3 Å². The predicted octanol–water partition coefficient (Wildman–Crippen LogP) is 3.17. The number of amides is 1. The van der Waals surface area contributed by atoms with E-state index >= 15 is 0 Å². The smallest absolute Gasteiger partial charge is 0.410 e. The Balaban J connectivity index is 2.59. The van der Waals surface area contributed by atoms with Gasteiger partial charge in [0, 0.05) is 38.6 Å². The van der Waals surface area contributed by atoms with Crippen molar-refractivity contribution < 1.29 is 9.53 Å². The van der Waals surface area contributed by atoms with Crippen LogP contribution < -0.4 is 10.6 Å². The van der Waals surface area contributed by atoms with Gasteiger partial charge in [0.1, 0.15) is 5.60 Å². The fourth-order valence-electron chi connectivity index (χ4n) is 2.28. The molecule has 1 aromatic heterocycles. The zero-order valence-corrected chi connectivity index (χ0v) is 17.6. The summed E-state index contributed by atoms with van der Waals surface area (Å²) < 4.78 is 5.55. The van der Waals surface area contributed by atoms with Crippen LogP contribution in [0.5, 0.6) is 0 Å². The standard InChI is InChI=1S/C20H35N5O2/c1-7-16(2)24-18(21-6)23-12-9-13-25(19(26)27-20(3,4)5)15-17-10-8-11-22-14-17/h8,10-11,14,16H,7,9,12-13,15H2,1-6H3,(H2,21,23,24).